The Morgan fingerprint density at radius 3 is 2.81 bits per heavy atom. The molecule has 0 radical (unpaired) electrons. The fourth-order valence-electron chi connectivity index (χ4n) is 1.82. The van der Waals surface area contributed by atoms with Crippen molar-refractivity contribution < 1.29 is 5.11 Å². The Labute approximate surface area is 95.2 Å². The number of nitrogens with one attached hydrogen (secondary N) is 1. The van der Waals surface area contributed by atoms with E-state index in [4.69, 9.17) is 5.11 Å². The summed E-state index contributed by atoms with van der Waals surface area (Å²) < 4.78 is 0. The third-order valence-corrected chi connectivity index (χ3v) is 2.65. The van der Waals surface area contributed by atoms with Crippen molar-refractivity contribution in [2.75, 3.05) is 6.61 Å². The molecule has 0 bridgehead atoms. The second-order valence-corrected chi connectivity index (χ2v) is 4.05. The molecule has 0 atom stereocenters. The molecule has 16 heavy (non-hydrogen) atoms. The van der Waals surface area contributed by atoms with Gasteiger partial charge in [0.2, 0.25) is 0 Å². The topological polar surface area (TPSA) is 48.9 Å². The van der Waals surface area contributed by atoms with Crippen LogP contribution in [0.2, 0.25) is 0 Å². The zero-order valence-electron chi connectivity index (χ0n) is 9.62. The van der Waals surface area contributed by atoms with Crippen LogP contribution in [0.1, 0.15) is 16.8 Å². The van der Waals surface area contributed by atoms with Crippen molar-refractivity contribution in [3.05, 3.63) is 41.2 Å². The van der Waals surface area contributed by atoms with E-state index in [0.717, 1.165) is 17.1 Å². The van der Waals surface area contributed by atoms with Gasteiger partial charge in [0.1, 0.15) is 5.82 Å². The quantitative estimate of drug-likeness (QED) is 0.826. The Balaban J connectivity index is 2.35. The number of aromatic nitrogens is 2. The molecule has 0 saturated carbocycles. The molecule has 1 aromatic heterocycles. The average Bonchev–Trinajstić information content (AvgIpc) is 2.67. The standard InChI is InChI=1S/C13H16N2O/c1-9-3-4-12(10(2)7-9)13-14-8-11(15-13)5-6-16/h3-4,7-8,16H,5-6H2,1-2H3,(H,14,15). The summed E-state index contributed by atoms with van der Waals surface area (Å²) >= 11 is 0. The van der Waals surface area contributed by atoms with Crippen LogP contribution in [0.3, 0.4) is 0 Å². The van der Waals surface area contributed by atoms with Gasteiger partial charge in [0.15, 0.2) is 0 Å². The first-order chi connectivity index (χ1) is 7.70. The zero-order chi connectivity index (χ0) is 11.5. The van der Waals surface area contributed by atoms with E-state index in [1.54, 1.807) is 6.20 Å². The highest BCUT2D eigenvalue weighted by atomic mass is 16.3. The minimum atomic E-state index is 0.147. The molecule has 1 aromatic carbocycles. The molecule has 0 aliphatic carbocycles. The Kier molecular flexibility index (Phi) is 3.06. The number of hydrogen-bond donors (Lipinski definition) is 2. The van der Waals surface area contributed by atoms with E-state index in [2.05, 4.69) is 42.0 Å². The number of imidazole rings is 1. The van der Waals surface area contributed by atoms with E-state index in [9.17, 15) is 0 Å². The van der Waals surface area contributed by atoms with Crippen LogP contribution < -0.4 is 0 Å². The molecule has 0 aliphatic rings. The van der Waals surface area contributed by atoms with Crippen LogP contribution in [0.15, 0.2) is 24.4 Å². The van der Waals surface area contributed by atoms with E-state index in [-0.39, 0.29) is 6.61 Å². The van der Waals surface area contributed by atoms with Crippen LogP contribution in [-0.4, -0.2) is 21.7 Å². The van der Waals surface area contributed by atoms with Crippen molar-refractivity contribution in [3.8, 4) is 11.4 Å². The third kappa shape index (κ3) is 2.14. The zero-order valence-corrected chi connectivity index (χ0v) is 9.62. The first kappa shape index (κ1) is 10.9. The minimum absolute atomic E-state index is 0.147. The molecule has 84 valence electrons. The summed E-state index contributed by atoms with van der Waals surface area (Å²) in [6, 6.07) is 6.30. The van der Waals surface area contributed by atoms with Gasteiger partial charge in [-0.3, -0.25) is 0 Å². The van der Waals surface area contributed by atoms with Crippen LogP contribution in [0, 0.1) is 13.8 Å². The van der Waals surface area contributed by atoms with Gasteiger partial charge in [0.25, 0.3) is 0 Å². The molecule has 0 saturated heterocycles. The van der Waals surface area contributed by atoms with Crippen molar-refractivity contribution in [3.63, 3.8) is 0 Å². The van der Waals surface area contributed by atoms with Crippen LogP contribution >= 0.6 is 0 Å². The van der Waals surface area contributed by atoms with E-state index < -0.39 is 0 Å². The number of aromatic amines is 1. The molecule has 2 N–H and O–H groups in total. The van der Waals surface area contributed by atoms with E-state index in [0.29, 0.717) is 6.42 Å². The molecular formula is C13H16N2O. The highest BCUT2D eigenvalue weighted by molar-refractivity contribution is 5.60. The second kappa shape index (κ2) is 4.49. The van der Waals surface area contributed by atoms with E-state index in [1.165, 1.54) is 11.1 Å². The molecule has 3 heteroatoms. The molecule has 0 spiro atoms. The highest BCUT2D eigenvalue weighted by Crippen LogP contribution is 2.21. The van der Waals surface area contributed by atoms with Crippen molar-refractivity contribution >= 4 is 0 Å². The minimum Gasteiger partial charge on any atom is -0.396 e. The maximum absolute atomic E-state index is 8.84. The number of hydrogen-bond acceptors (Lipinski definition) is 2. The number of H-pyrrole nitrogens is 1. The molecular weight excluding hydrogens is 200 g/mol. The summed E-state index contributed by atoms with van der Waals surface area (Å²) in [5, 5.41) is 8.84. The van der Waals surface area contributed by atoms with Gasteiger partial charge < -0.3 is 10.1 Å². The predicted molar refractivity (Wildman–Crippen MR) is 64.3 cm³/mol. The van der Waals surface area contributed by atoms with Gasteiger partial charge in [-0.15, -0.1) is 0 Å². The SMILES string of the molecule is Cc1ccc(-c2ncc(CCO)[nH]2)c(C)c1. The number of rotatable bonds is 3. The Morgan fingerprint density at radius 2 is 2.12 bits per heavy atom. The Hall–Kier alpha value is -1.61. The summed E-state index contributed by atoms with van der Waals surface area (Å²) in [7, 11) is 0. The van der Waals surface area contributed by atoms with Crippen LogP contribution in [0.4, 0.5) is 0 Å². The van der Waals surface area contributed by atoms with Gasteiger partial charge in [0.05, 0.1) is 0 Å². The number of benzene rings is 1. The highest BCUT2D eigenvalue weighted by Gasteiger charge is 2.06. The molecule has 2 rings (SSSR count). The smallest absolute Gasteiger partial charge is 0.137 e. The van der Waals surface area contributed by atoms with Crippen molar-refractivity contribution in [1.29, 1.82) is 0 Å². The molecule has 3 nitrogen and oxygen atoms in total. The third-order valence-electron chi connectivity index (χ3n) is 2.65. The number of aliphatic hydroxyl groups excluding tert-OH is 1. The summed E-state index contributed by atoms with van der Waals surface area (Å²) in [5.41, 5.74) is 4.56. The fourth-order valence-corrected chi connectivity index (χ4v) is 1.82. The van der Waals surface area contributed by atoms with Gasteiger partial charge in [-0.2, -0.15) is 0 Å². The molecule has 0 aliphatic heterocycles. The van der Waals surface area contributed by atoms with Crippen molar-refractivity contribution in [1.82, 2.24) is 9.97 Å². The first-order valence-electron chi connectivity index (χ1n) is 5.43. The van der Waals surface area contributed by atoms with E-state index in [1.807, 2.05) is 0 Å². The molecule has 1 heterocycles. The van der Waals surface area contributed by atoms with Gasteiger partial charge in [0, 0.05) is 30.5 Å². The lowest BCUT2D eigenvalue weighted by Gasteiger charge is -2.03. The van der Waals surface area contributed by atoms with Crippen LogP contribution in [0.5, 0.6) is 0 Å². The van der Waals surface area contributed by atoms with Crippen LogP contribution in [-0.2, 0) is 6.42 Å². The normalized spacial score (nSPS) is 10.7. The summed E-state index contributed by atoms with van der Waals surface area (Å²) in [6.45, 7) is 4.31. The summed E-state index contributed by atoms with van der Waals surface area (Å²) in [4.78, 5) is 7.55. The lowest BCUT2D eigenvalue weighted by Crippen LogP contribution is -1.91. The summed E-state index contributed by atoms with van der Waals surface area (Å²) in [6.07, 6.45) is 2.41. The first-order valence-corrected chi connectivity index (χ1v) is 5.43. The van der Waals surface area contributed by atoms with Crippen molar-refractivity contribution in [2.45, 2.75) is 20.3 Å². The second-order valence-electron chi connectivity index (χ2n) is 4.05. The van der Waals surface area contributed by atoms with Gasteiger partial charge >= 0.3 is 0 Å². The maximum atomic E-state index is 8.84. The molecule has 0 amide bonds. The Morgan fingerprint density at radius 1 is 1.31 bits per heavy atom. The number of aryl methyl sites for hydroxylation is 2. The number of aliphatic hydroxyl groups is 1. The number of nitrogens with zero attached hydrogens (tertiary/aromatic N) is 1. The predicted octanol–water partition coefficient (Wildman–Crippen LogP) is 2.23. The van der Waals surface area contributed by atoms with Gasteiger partial charge in [-0.1, -0.05) is 23.8 Å². The fraction of sp³-hybridized carbons (Fsp3) is 0.308. The van der Waals surface area contributed by atoms with Gasteiger partial charge in [-0.25, -0.2) is 4.98 Å². The molecule has 2 aromatic rings. The van der Waals surface area contributed by atoms with Gasteiger partial charge in [-0.05, 0) is 19.4 Å². The van der Waals surface area contributed by atoms with Crippen LogP contribution in [0.25, 0.3) is 11.4 Å². The molecule has 0 fully saturated rings. The van der Waals surface area contributed by atoms with E-state index >= 15 is 0 Å². The molecule has 0 unspecified atom stereocenters. The monoisotopic (exact) mass is 216 g/mol. The lowest BCUT2D eigenvalue weighted by molar-refractivity contribution is 0.298. The van der Waals surface area contributed by atoms with Crippen molar-refractivity contribution in [2.24, 2.45) is 0 Å². The summed E-state index contributed by atoms with van der Waals surface area (Å²) in [5.74, 6) is 0.876. The Bertz CT molecular complexity index is 488. The maximum Gasteiger partial charge on any atom is 0.137 e. The largest absolute Gasteiger partial charge is 0.396 e. The lowest BCUT2D eigenvalue weighted by atomic mass is 10.1. The average molecular weight is 216 g/mol.